The van der Waals surface area contributed by atoms with Crippen LogP contribution in [0.3, 0.4) is 0 Å². The van der Waals surface area contributed by atoms with Gasteiger partial charge in [0, 0.05) is 30.6 Å². The Morgan fingerprint density at radius 3 is 2.65 bits per heavy atom. The lowest BCUT2D eigenvalue weighted by molar-refractivity contribution is -0.163. The fraction of sp³-hybridized carbons (Fsp3) is 0.722. The van der Waals surface area contributed by atoms with E-state index in [1.165, 1.54) is 0 Å². The summed E-state index contributed by atoms with van der Waals surface area (Å²) >= 11 is 0. The highest BCUT2D eigenvalue weighted by Gasteiger charge is 2.51. The molecule has 1 fully saturated rings. The average molecular weight is 319 g/mol. The third kappa shape index (κ3) is 4.28. The van der Waals surface area contributed by atoms with Gasteiger partial charge in [-0.2, -0.15) is 0 Å². The maximum absolute atomic E-state index is 12.9. The van der Waals surface area contributed by atoms with Crippen LogP contribution >= 0.6 is 0 Å². The summed E-state index contributed by atoms with van der Waals surface area (Å²) in [6.07, 6.45) is 6.62. The van der Waals surface area contributed by atoms with E-state index in [0.29, 0.717) is 12.3 Å². The fourth-order valence-corrected chi connectivity index (χ4v) is 3.45. The third-order valence-electron chi connectivity index (χ3n) is 4.19. The molecule has 2 heterocycles. The topological polar surface area (TPSA) is 64.1 Å². The molecule has 5 heteroatoms. The molecule has 128 valence electrons. The van der Waals surface area contributed by atoms with Crippen molar-refractivity contribution in [3.63, 3.8) is 0 Å². The highest BCUT2D eigenvalue weighted by molar-refractivity contribution is 5.82. The molecule has 5 nitrogen and oxygen atoms in total. The first kappa shape index (κ1) is 17.9. The Balaban J connectivity index is 2.28. The molecular weight excluding hydrogens is 290 g/mol. The molecule has 0 unspecified atom stereocenters. The largest absolute Gasteiger partial charge is 0.459 e. The second-order valence-electron chi connectivity index (χ2n) is 8.06. The number of nitrogens with zero attached hydrogens (tertiary/aromatic N) is 2. The molecule has 0 spiro atoms. The van der Waals surface area contributed by atoms with Crippen LogP contribution in [0, 0.1) is 5.92 Å². The summed E-state index contributed by atoms with van der Waals surface area (Å²) in [7, 11) is 0. The molecule has 0 bridgehead atoms. The number of carbonyl (C=O) groups is 1. The molecule has 3 atom stereocenters. The van der Waals surface area contributed by atoms with E-state index in [0.717, 1.165) is 12.1 Å². The lowest BCUT2D eigenvalue weighted by Crippen LogP contribution is -2.52. The van der Waals surface area contributed by atoms with E-state index in [4.69, 9.17) is 4.74 Å². The predicted octanol–water partition coefficient (Wildman–Crippen LogP) is 3.07. The minimum absolute atomic E-state index is 0.151. The van der Waals surface area contributed by atoms with E-state index in [9.17, 15) is 4.79 Å². The number of esters is 1. The van der Waals surface area contributed by atoms with E-state index in [1.54, 1.807) is 18.6 Å². The second-order valence-corrected chi connectivity index (χ2v) is 8.06. The molecule has 23 heavy (non-hydrogen) atoms. The van der Waals surface area contributed by atoms with Gasteiger partial charge < -0.3 is 4.74 Å². The van der Waals surface area contributed by atoms with Gasteiger partial charge in [0.2, 0.25) is 0 Å². The van der Waals surface area contributed by atoms with E-state index < -0.39 is 11.1 Å². The van der Waals surface area contributed by atoms with Gasteiger partial charge in [-0.25, -0.2) is 0 Å². The van der Waals surface area contributed by atoms with Crippen LogP contribution in [0.5, 0.6) is 0 Å². The van der Waals surface area contributed by atoms with Crippen LogP contribution in [-0.2, 0) is 9.53 Å². The Kier molecular flexibility index (Phi) is 5.09. The van der Waals surface area contributed by atoms with E-state index in [-0.39, 0.29) is 17.9 Å². The molecule has 0 radical (unpaired) electrons. The molecule has 0 amide bonds. The number of nitrogens with one attached hydrogen (secondary N) is 1. The monoisotopic (exact) mass is 319 g/mol. The van der Waals surface area contributed by atoms with Gasteiger partial charge in [-0.3, -0.25) is 20.1 Å². The van der Waals surface area contributed by atoms with Gasteiger partial charge in [0.05, 0.1) is 5.69 Å². The number of rotatable bonds is 4. The lowest BCUT2D eigenvalue weighted by Gasteiger charge is -2.33. The highest BCUT2D eigenvalue weighted by Crippen LogP contribution is 2.40. The van der Waals surface area contributed by atoms with Gasteiger partial charge in [-0.05, 0) is 46.5 Å². The van der Waals surface area contributed by atoms with E-state index in [2.05, 4.69) is 36.1 Å². The van der Waals surface area contributed by atoms with Crippen LogP contribution in [0.4, 0.5) is 0 Å². The first-order chi connectivity index (χ1) is 10.6. The van der Waals surface area contributed by atoms with Gasteiger partial charge in [0.15, 0.2) is 0 Å². The Morgan fingerprint density at radius 1 is 1.43 bits per heavy atom. The van der Waals surface area contributed by atoms with Crippen LogP contribution in [0.2, 0.25) is 0 Å². The first-order valence-corrected chi connectivity index (χ1v) is 8.40. The van der Waals surface area contributed by atoms with Crippen molar-refractivity contribution in [3.05, 3.63) is 24.3 Å². The van der Waals surface area contributed by atoms with Gasteiger partial charge in [-0.15, -0.1) is 0 Å². The standard InChI is InChI=1S/C18H29N3O2/c1-12(2)9-18(16(22)23-17(4,5)6)10-14(13(3)21-18)15-11-19-7-8-20-15/h7-8,11-14,21H,9-10H2,1-6H3/t13-,14-,18-/m0/s1. The zero-order chi connectivity index (χ0) is 17.3. The predicted molar refractivity (Wildman–Crippen MR) is 90.0 cm³/mol. The number of hydrogen-bond donors (Lipinski definition) is 1. The molecule has 1 saturated heterocycles. The Morgan fingerprint density at radius 2 is 2.13 bits per heavy atom. The normalized spacial score (nSPS) is 28.1. The summed E-state index contributed by atoms with van der Waals surface area (Å²) in [4.78, 5) is 21.5. The van der Waals surface area contributed by atoms with Crippen molar-refractivity contribution in [3.8, 4) is 0 Å². The zero-order valence-corrected chi connectivity index (χ0v) is 15.1. The van der Waals surface area contributed by atoms with Crippen molar-refractivity contribution < 1.29 is 9.53 Å². The van der Waals surface area contributed by atoms with Crippen molar-refractivity contribution in [2.75, 3.05) is 0 Å². The molecule has 1 aliphatic rings. The van der Waals surface area contributed by atoms with Gasteiger partial charge in [0.1, 0.15) is 11.1 Å². The highest BCUT2D eigenvalue weighted by atomic mass is 16.6. The van der Waals surface area contributed by atoms with Crippen molar-refractivity contribution in [2.24, 2.45) is 5.92 Å². The second kappa shape index (κ2) is 6.56. The molecular formula is C18H29N3O2. The molecule has 2 rings (SSSR count). The first-order valence-electron chi connectivity index (χ1n) is 8.40. The van der Waals surface area contributed by atoms with Crippen LogP contribution in [0.1, 0.15) is 66.0 Å². The summed E-state index contributed by atoms with van der Waals surface area (Å²) in [6.45, 7) is 12.1. The molecule has 0 aliphatic carbocycles. The Hall–Kier alpha value is -1.49. The number of ether oxygens (including phenoxy) is 1. The summed E-state index contributed by atoms with van der Waals surface area (Å²) in [5.41, 5.74) is -0.207. The van der Waals surface area contributed by atoms with Crippen LogP contribution in [0.25, 0.3) is 0 Å². The van der Waals surface area contributed by atoms with Gasteiger partial charge in [-0.1, -0.05) is 13.8 Å². The molecule has 1 aromatic rings. The summed E-state index contributed by atoms with van der Waals surface area (Å²) in [5.74, 6) is 0.398. The maximum Gasteiger partial charge on any atom is 0.326 e. The van der Waals surface area contributed by atoms with Crippen LogP contribution in [-0.4, -0.2) is 33.1 Å². The SMILES string of the molecule is CC(C)C[C@@]1(C(=O)OC(C)(C)C)C[C@H](c2cnccn2)[C@H](C)N1. The van der Waals surface area contributed by atoms with Crippen molar-refractivity contribution in [1.29, 1.82) is 0 Å². The fourth-order valence-electron chi connectivity index (χ4n) is 3.45. The van der Waals surface area contributed by atoms with Gasteiger partial charge in [0.25, 0.3) is 0 Å². The van der Waals surface area contributed by atoms with Crippen LogP contribution in [0.15, 0.2) is 18.6 Å². The average Bonchev–Trinajstić information content (AvgIpc) is 2.75. The van der Waals surface area contributed by atoms with Crippen molar-refractivity contribution in [1.82, 2.24) is 15.3 Å². The zero-order valence-electron chi connectivity index (χ0n) is 15.1. The minimum atomic E-state index is -0.650. The van der Waals surface area contributed by atoms with Crippen molar-refractivity contribution in [2.45, 2.75) is 77.5 Å². The molecule has 1 aliphatic heterocycles. The Labute approximate surface area is 139 Å². The number of aromatic nitrogens is 2. The smallest absolute Gasteiger partial charge is 0.326 e. The maximum atomic E-state index is 12.9. The van der Waals surface area contributed by atoms with E-state index >= 15 is 0 Å². The van der Waals surface area contributed by atoms with Gasteiger partial charge >= 0.3 is 5.97 Å². The summed E-state index contributed by atoms with van der Waals surface area (Å²) < 4.78 is 5.72. The molecule has 0 aromatic carbocycles. The number of carbonyl (C=O) groups excluding carboxylic acids is 1. The molecule has 0 saturated carbocycles. The summed E-state index contributed by atoms with van der Waals surface area (Å²) in [5, 5.41) is 3.53. The van der Waals surface area contributed by atoms with Crippen molar-refractivity contribution >= 4 is 5.97 Å². The molecule has 1 N–H and O–H groups in total. The Bertz CT molecular complexity index is 539. The quantitative estimate of drug-likeness (QED) is 0.864. The van der Waals surface area contributed by atoms with Crippen LogP contribution < -0.4 is 5.32 Å². The minimum Gasteiger partial charge on any atom is -0.459 e. The number of hydrogen-bond acceptors (Lipinski definition) is 5. The third-order valence-corrected chi connectivity index (χ3v) is 4.19. The molecule has 1 aromatic heterocycles. The lowest BCUT2D eigenvalue weighted by atomic mass is 9.83. The summed E-state index contributed by atoms with van der Waals surface area (Å²) in [6, 6.07) is 0.151. The van der Waals surface area contributed by atoms with E-state index in [1.807, 2.05) is 20.8 Å².